The van der Waals surface area contributed by atoms with Crippen molar-refractivity contribution < 1.29 is 34.2 Å². The van der Waals surface area contributed by atoms with Gasteiger partial charge in [-0.1, -0.05) is 0 Å². The van der Waals surface area contributed by atoms with Crippen molar-refractivity contribution in [3.8, 4) is 0 Å². The number of carboxylic acid groups (broad SMARTS) is 2. The molecule has 160 valence electrons. The first-order valence-electron chi connectivity index (χ1n) is 8.30. The minimum Gasteiger partial charge on any atom is -0.481 e. The van der Waals surface area contributed by atoms with Crippen molar-refractivity contribution in [3.63, 3.8) is 0 Å². The fraction of sp³-hybridized carbons (Fsp3) is 0.467. The van der Waals surface area contributed by atoms with Crippen molar-refractivity contribution in [3.05, 3.63) is 18.2 Å². The second-order valence-electron chi connectivity index (χ2n) is 5.85. The molecular formula is C15H22N6O7S. The fourth-order valence-electron chi connectivity index (χ4n) is 2.19. The van der Waals surface area contributed by atoms with E-state index in [4.69, 9.17) is 15.9 Å². The first-order valence-corrected chi connectivity index (χ1v) is 8.94. The molecule has 1 aromatic rings. The number of aromatic amines is 1. The molecule has 1 heterocycles. The molecule has 0 aliphatic carbocycles. The number of aliphatic carboxylic acids is 2. The summed E-state index contributed by atoms with van der Waals surface area (Å²) in [5, 5.41) is 24.7. The third-order valence-electron chi connectivity index (χ3n) is 3.62. The van der Waals surface area contributed by atoms with E-state index in [2.05, 4.69) is 38.5 Å². The fourth-order valence-corrected chi connectivity index (χ4v) is 2.44. The summed E-state index contributed by atoms with van der Waals surface area (Å²) < 4.78 is 0. The van der Waals surface area contributed by atoms with Crippen LogP contribution in [0.1, 0.15) is 12.1 Å². The number of carbonyl (C=O) groups excluding carboxylic acids is 3. The predicted octanol–water partition coefficient (Wildman–Crippen LogP) is -3.15. The number of thiol groups is 1. The summed E-state index contributed by atoms with van der Waals surface area (Å²) in [7, 11) is 0. The summed E-state index contributed by atoms with van der Waals surface area (Å²) in [6, 6.07) is -4.15. The van der Waals surface area contributed by atoms with Gasteiger partial charge in [0, 0.05) is 24.1 Å². The molecule has 0 aliphatic heterocycles. The van der Waals surface area contributed by atoms with Gasteiger partial charge in [-0.05, 0) is 0 Å². The van der Waals surface area contributed by atoms with Crippen LogP contribution in [0.25, 0.3) is 0 Å². The summed E-state index contributed by atoms with van der Waals surface area (Å²) in [6.07, 6.45) is 1.94. The average Bonchev–Trinajstić information content (AvgIpc) is 3.16. The molecule has 1 rings (SSSR count). The van der Waals surface area contributed by atoms with Gasteiger partial charge in [-0.15, -0.1) is 0 Å². The number of amides is 3. The van der Waals surface area contributed by atoms with Crippen molar-refractivity contribution in [2.45, 2.75) is 31.0 Å². The minimum absolute atomic E-state index is 0.0344. The third-order valence-corrected chi connectivity index (χ3v) is 3.99. The number of rotatable bonds is 12. The quantitative estimate of drug-likeness (QED) is 0.157. The van der Waals surface area contributed by atoms with Crippen LogP contribution in [0.3, 0.4) is 0 Å². The molecule has 0 aliphatic rings. The molecule has 29 heavy (non-hydrogen) atoms. The Morgan fingerprint density at radius 2 is 1.69 bits per heavy atom. The van der Waals surface area contributed by atoms with E-state index in [1.807, 2.05) is 0 Å². The van der Waals surface area contributed by atoms with Gasteiger partial charge < -0.3 is 36.9 Å². The lowest BCUT2D eigenvalue weighted by Gasteiger charge is -2.23. The monoisotopic (exact) mass is 430 g/mol. The lowest BCUT2D eigenvalue weighted by molar-refractivity contribution is -0.143. The van der Waals surface area contributed by atoms with Crippen molar-refractivity contribution in [1.82, 2.24) is 25.9 Å². The van der Waals surface area contributed by atoms with Crippen molar-refractivity contribution in [2.75, 3.05) is 12.3 Å². The largest absolute Gasteiger partial charge is 0.481 e. The first-order chi connectivity index (χ1) is 13.7. The van der Waals surface area contributed by atoms with E-state index in [0.717, 1.165) is 0 Å². The maximum absolute atomic E-state index is 12.6. The molecule has 0 saturated heterocycles. The van der Waals surface area contributed by atoms with Gasteiger partial charge in [0.1, 0.15) is 18.1 Å². The Bertz CT molecular complexity index is 742. The number of carboxylic acids is 2. The molecule has 1 aromatic heterocycles. The Balaban J connectivity index is 2.95. The first kappa shape index (κ1) is 23.9. The lowest BCUT2D eigenvalue weighted by atomic mass is 10.1. The average molecular weight is 430 g/mol. The number of nitrogens with zero attached hydrogens (tertiary/aromatic N) is 1. The molecule has 0 radical (unpaired) electrons. The molecular weight excluding hydrogens is 408 g/mol. The van der Waals surface area contributed by atoms with Gasteiger partial charge in [-0.3, -0.25) is 19.2 Å². The van der Waals surface area contributed by atoms with Crippen LogP contribution in [-0.4, -0.2) is 80.3 Å². The molecule has 3 amide bonds. The topological polar surface area (TPSA) is 217 Å². The van der Waals surface area contributed by atoms with Crippen molar-refractivity contribution in [1.29, 1.82) is 0 Å². The number of hydrogen-bond acceptors (Lipinski definition) is 8. The molecule has 0 aromatic carbocycles. The number of carbonyl (C=O) groups is 5. The summed E-state index contributed by atoms with van der Waals surface area (Å²) in [4.78, 5) is 65.2. The van der Waals surface area contributed by atoms with Crippen LogP contribution >= 0.6 is 12.6 Å². The highest BCUT2D eigenvalue weighted by atomic mass is 32.1. The van der Waals surface area contributed by atoms with E-state index in [9.17, 15) is 24.0 Å². The van der Waals surface area contributed by atoms with Crippen LogP contribution in [-0.2, 0) is 30.4 Å². The summed E-state index contributed by atoms with van der Waals surface area (Å²) in [5.41, 5.74) is 5.73. The Labute approximate surface area is 170 Å². The molecule has 0 bridgehead atoms. The summed E-state index contributed by atoms with van der Waals surface area (Å²) in [5.74, 6) is -5.55. The third kappa shape index (κ3) is 8.18. The van der Waals surface area contributed by atoms with Crippen LogP contribution < -0.4 is 21.7 Å². The van der Waals surface area contributed by atoms with Gasteiger partial charge in [0.15, 0.2) is 0 Å². The van der Waals surface area contributed by atoms with Gasteiger partial charge in [0.25, 0.3) is 0 Å². The second-order valence-corrected chi connectivity index (χ2v) is 6.21. The molecule has 3 unspecified atom stereocenters. The molecule has 0 fully saturated rings. The van der Waals surface area contributed by atoms with Gasteiger partial charge in [0.2, 0.25) is 17.7 Å². The molecule has 0 spiro atoms. The zero-order valence-corrected chi connectivity index (χ0v) is 16.0. The highest BCUT2D eigenvalue weighted by Gasteiger charge is 2.30. The highest BCUT2D eigenvalue weighted by Crippen LogP contribution is 2.02. The zero-order valence-electron chi connectivity index (χ0n) is 15.1. The zero-order chi connectivity index (χ0) is 22.0. The Hall–Kier alpha value is -3.13. The summed E-state index contributed by atoms with van der Waals surface area (Å²) in [6.45, 7) is -0.395. The van der Waals surface area contributed by atoms with Crippen LogP contribution in [0.4, 0.5) is 0 Å². The number of nitrogens with one attached hydrogen (secondary N) is 4. The van der Waals surface area contributed by atoms with Gasteiger partial charge in [-0.2, -0.15) is 12.6 Å². The Morgan fingerprint density at radius 3 is 2.17 bits per heavy atom. The lowest BCUT2D eigenvalue weighted by Crippen LogP contribution is -2.57. The number of H-pyrrole nitrogens is 1. The minimum atomic E-state index is -1.58. The van der Waals surface area contributed by atoms with Crippen molar-refractivity contribution in [2.24, 2.45) is 5.73 Å². The normalized spacial score (nSPS) is 13.6. The molecule has 3 atom stereocenters. The van der Waals surface area contributed by atoms with Crippen LogP contribution in [0.5, 0.6) is 0 Å². The maximum Gasteiger partial charge on any atom is 0.327 e. The number of hydrogen-bond donors (Lipinski definition) is 8. The molecule has 0 saturated carbocycles. The van der Waals surface area contributed by atoms with Crippen molar-refractivity contribution >= 4 is 42.3 Å². The molecule has 13 nitrogen and oxygen atoms in total. The molecule has 14 heteroatoms. The predicted molar refractivity (Wildman–Crippen MR) is 101 cm³/mol. The SMILES string of the molecule is NCC(=O)NC(Cc1cnc[nH]1)C(=O)NC(CC(=O)O)C(=O)NC(CS)C(=O)O. The van der Waals surface area contributed by atoms with Gasteiger partial charge in [-0.25, -0.2) is 9.78 Å². The second kappa shape index (κ2) is 11.7. The van der Waals surface area contributed by atoms with E-state index in [1.54, 1.807) is 0 Å². The van der Waals surface area contributed by atoms with E-state index < -0.39 is 60.8 Å². The number of nitrogens with two attached hydrogens (primary N) is 1. The van der Waals surface area contributed by atoms with E-state index >= 15 is 0 Å². The van der Waals surface area contributed by atoms with Gasteiger partial charge >= 0.3 is 11.9 Å². The van der Waals surface area contributed by atoms with Gasteiger partial charge in [0.05, 0.1) is 19.3 Å². The van der Waals surface area contributed by atoms with Crippen LogP contribution in [0, 0.1) is 0 Å². The molecule has 8 N–H and O–H groups in total. The smallest absolute Gasteiger partial charge is 0.327 e. The van der Waals surface area contributed by atoms with E-state index in [0.29, 0.717) is 5.69 Å². The maximum atomic E-state index is 12.6. The number of imidazole rings is 1. The van der Waals surface area contributed by atoms with E-state index in [-0.39, 0.29) is 12.2 Å². The van der Waals surface area contributed by atoms with Crippen LogP contribution in [0.2, 0.25) is 0 Å². The standard InChI is InChI=1S/C15H22N6O7S/c16-3-11(22)19-8(1-7-4-17-6-18-7)13(25)20-9(2-12(23)24)14(26)21-10(5-29)15(27)28/h4,6,8-10,29H,1-3,5,16H2,(H,17,18)(H,19,22)(H,20,25)(H,21,26)(H,23,24)(H,27,28). The number of aromatic nitrogens is 2. The van der Waals surface area contributed by atoms with Crippen LogP contribution in [0.15, 0.2) is 12.5 Å². The Kier molecular flexibility index (Phi) is 9.61. The van der Waals surface area contributed by atoms with E-state index in [1.165, 1.54) is 12.5 Å². The Morgan fingerprint density at radius 1 is 1.07 bits per heavy atom. The highest BCUT2D eigenvalue weighted by molar-refractivity contribution is 7.80. The summed E-state index contributed by atoms with van der Waals surface area (Å²) >= 11 is 3.80.